The van der Waals surface area contributed by atoms with Crippen LogP contribution in [0.25, 0.3) is 22.8 Å². The molecular weight excluding hydrogens is 440 g/mol. The minimum absolute atomic E-state index is 0.0128. The summed E-state index contributed by atoms with van der Waals surface area (Å²) in [7, 11) is 0. The number of benzene rings is 1. The number of nitrogens with zero attached hydrogens (tertiary/aromatic N) is 6. The molecule has 1 atom stereocenters. The van der Waals surface area contributed by atoms with E-state index in [1.807, 2.05) is 52.1 Å². The largest absolute Gasteiger partial charge is 0.421 e. The summed E-state index contributed by atoms with van der Waals surface area (Å²) in [5, 5.41) is 16.2. The molecule has 1 aliphatic heterocycles. The van der Waals surface area contributed by atoms with Gasteiger partial charge in [0.05, 0.1) is 6.04 Å². The van der Waals surface area contributed by atoms with Crippen molar-refractivity contribution >= 4 is 17.2 Å². The van der Waals surface area contributed by atoms with Crippen LogP contribution in [0, 0.1) is 0 Å². The van der Waals surface area contributed by atoms with E-state index in [9.17, 15) is 4.79 Å². The highest BCUT2D eigenvalue weighted by Crippen LogP contribution is 2.24. The molecule has 0 N–H and O–H groups in total. The molecule has 3 aromatic heterocycles. The molecule has 4 aromatic rings. The van der Waals surface area contributed by atoms with Gasteiger partial charge in [-0.15, -0.1) is 10.2 Å². The second-order valence-corrected chi connectivity index (χ2v) is 8.71. The first-order valence-corrected chi connectivity index (χ1v) is 11.9. The van der Waals surface area contributed by atoms with Crippen LogP contribution in [0.5, 0.6) is 0 Å². The van der Waals surface area contributed by atoms with Crippen LogP contribution in [-0.2, 0) is 11.2 Å². The first-order chi connectivity index (χ1) is 16.2. The highest BCUT2D eigenvalue weighted by molar-refractivity contribution is 7.08. The van der Waals surface area contributed by atoms with Crippen LogP contribution in [0.2, 0.25) is 0 Å². The molecule has 1 amide bonds. The van der Waals surface area contributed by atoms with Gasteiger partial charge in [-0.2, -0.15) is 16.3 Å². The van der Waals surface area contributed by atoms with Crippen LogP contribution >= 0.6 is 11.3 Å². The molecule has 0 aliphatic carbocycles. The standard InChI is InChI=1S/C23H24N6O3S/c1-16(22-24-21(27-32-22)17-5-3-2-4-6-17)28-10-12-29(13-11-28)20(30)8-7-19-25-26-23(31-19)18-9-14-33-15-18/h2-6,9,14-16H,7-8,10-13H2,1H3/t16-/m1/s1. The van der Waals surface area contributed by atoms with Crippen molar-refractivity contribution in [3.8, 4) is 22.8 Å². The summed E-state index contributed by atoms with van der Waals surface area (Å²) in [5.41, 5.74) is 1.84. The molecule has 1 saturated heterocycles. The Kier molecular flexibility index (Phi) is 6.27. The summed E-state index contributed by atoms with van der Waals surface area (Å²) >= 11 is 1.58. The van der Waals surface area contributed by atoms with Crippen molar-refractivity contribution in [1.82, 2.24) is 30.1 Å². The Labute approximate surface area is 195 Å². The first-order valence-electron chi connectivity index (χ1n) is 10.9. The third-order valence-corrected chi connectivity index (χ3v) is 6.52. The van der Waals surface area contributed by atoms with Crippen molar-refractivity contribution in [2.45, 2.75) is 25.8 Å². The molecule has 0 saturated carbocycles. The molecule has 1 aliphatic rings. The van der Waals surface area contributed by atoms with Gasteiger partial charge in [0.15, 0.2) is 0 Å². The Morgan fingerprint density at radius 1 is 1.09 bits per heavy atom. The number of hydrogen-bond acceptors (Lipinski definition) is 9. The molecule has 33 heavy (non-hydrogen) atoms. The van der Waals surface area contributed by atoms with E-state index < -0.39 is 0 Å². The molecule has 0 unspecified atom stereocenters. The maximum atomic E-state index is 12.7. The fourth-order valence-electron chi connectivity index (χ4n) is 3.85. The lowest BCUT2D eigenvalue weighted by atomic mass is 10.2. The van der Waals surface area contributed by atoms with Crippen LogP contribution < -0.4 is 0 Å². The first kappa shape index (κ1) is 21.5. The van der Waals surface area contributed by atoms with E-state index in [1.165, 1.54) is 0 Å². The zero-order valence-corrected chi connectivity index (χ0v) is 19.1. The normalized spacial score (nSPS) is 15.6. The van der Waals surface area contributed by atoms with Crippen LogP contribution in [0.4, 0.5) is 0 Å². The van der Waals surface area contributed by atoms with Crippen molar-refractivity contribution in [2.24, 2.45) is 0 Å². The molecule has 0 spiro atoms. The minimum atomic E-state index is -0.0128. The summed E-state index contributed by atoms with van der Waals surface area (Å²) in [6.45, 7) is 4.87. The molecule has 4 heterocycles. The van der Waals surface area contributed by atoms with E-state index in [0.717, 1.165) is 24.2 Å². The molecule has 1 fully saturated rings. The maximum absolute atomic E-state index is 12.7. The summed E-state index contributed by atoms with van der Waals surface area (Å²) < 4.78 is 11.2. The number of carbonyl (C=O) groups excluding carboxylic acids is 1. The number of carbonyl (C=O) groups is 1. The molecule has 9 nitrogen and oxygen atoms in total. The van der Waals surface area contributed by atoms with Crippen molar-refractivity contribution in [1.29, 1.82) is 0 Å². The van der Waals surface area contributed by atoms with Crippen molar-refractivity contribution in [2.75, 3.05) is 26.2 Å². The van der Waals surface area contributed by atoms with E-state index in [0.29, 0.717) is 49.4 Å². The SMILES string of the molecule is C[C@H](c1nc(-c2ccccc2)no1)N1CCN(C(=O)CCc2nnc(-c3ccsc3)o2)CC1. The van der Waals surface area contributed by atoms with Gasteiger partial charge < -0.3 is 13.8 Å². The third kappa shape index (κ3) is 4.86. The van der Waals surface area contributed by atoms with Gasteiger partial charge in [-0.05, 0) is 18.4 Å². The number of thiophene rings is 1. The number of amides is 1. The van der Waals surface area contributed by atoms with Gasteiger partial charge in [-0.25, -0.2) is 0 Å². The lowest BCUT2D eigenvalue weighted by molar-refractivity contribution is -0.133. The van der Waals surface area contributed by atoms with E-state index in [1.54, 1.807) is 11.3 Å². The zero-order valence-electron chi connectivity index (χ0n) is 18.3. The van der Waals surface area contributed by atoms with Gasteiger partial charge in [0, 0.05) is 55.5 Å². The third-order valence-electron chi connectivity index (χ3n) is 5.83. The van der Waals surface area contributed by atoms with Gasteiger partial charge >= 0.3 is 0 Å². The Morgan fingerprint density at radius 2 is 1.91 bits per heavy atom. The van der Waals surface area contributed by atoms with Gasteiger partial charge in [-0.1, -0.05) is 35.5 Å². The van der Waals surface area contributed by atoms with Crippen molar-refractivity contribution in [3.05, 3.63) is 58.9 Å². The van der Waals surface area contributed by atoms with Crippen molar-refractivity contribution in [3.63, 3.8) is 0 Å². The topological polar surface area (TPSA) is 101 Å². The smallest absolute Gasteiger partial charge is 0.248 e. The fourth-order valence-corrected chi connectivity index (χ4v) is 4.48. The number of rotatable bonds is 7. The number of aryl methyl sites for hydroxylation is 1. The number of hydrogen-bond donors (Lipinski definition) is 0. The lowest BCUT2D eigenvalue weighted by Crippen LogP contribution is -2.49. The van der Waals surface area contributed by atoms with Gasteiger partial charge in [0.2, 0.25) is 29.4 Å². The molecule has 1 aromatic carbocycles. The van der Waals surface area contributed by atoms with Crippen LogP contribution in [0.3, 0.4) is 0 Å². The van der Waals surface area contributed by atoms with E-state index >= 15 is 0 Å². The van der Waals surface area contributed by atoms with Crippen molar-refractivity contribution < 1.29 is 13.7 Å². The van der Waals surface area contributed by atoms with Crippen LogP contribution in [-0.4, -0.2) is 62.2 Å². The maximum Gasteiger partial charge on any atom is 0.248 e. The Hall–Kier alpha value is -3.37. The van der Waals surface area contributed by atoms with E-state index in [-0.39, 0.29) is 11.9 Å². The summed E-state index contributed by atoms with van der Waals surface area (Å²) in [5.74, 6) is 2.27. The lowest BCUT2D eigenvalue weighted by Gasteiger charge is -2.36. The Balaban J connectivity index is 1.11. The zero-order chi connectivity index (χ0) is 22.6. The monoisotopic (exact) mass is 464 g/mol. The van der Waals surface area contributed by atoms with E-state index in [2.05, 4.69) is 32.2 Å². The fraction of sp³-hybridized carbons (Fsp3) is 0.348. The van der Waals surface area contributed by atoms with Gasteiger partial charge in [0.1, 0.15) is 0 Å². The number of aromatic nitrogens is 4. The molecule has 0 radical (unpaired) electrons. The molecule has 5 rings (SSSR count). The van der Waals surface area contributed by atoms with Gasteiger partial charge in [0.25, 0.3) is 0 Å². The average Bonchev–Trinajstić information content (AvgIpc) is 3.64. The average molecular weight is 465 g/mol. The summed E-state index contributed by atoms with van der Waals surface area (Å²) in [6, 6.07) is 11.7. The van der Waals surface area contributed by atoms with Crippen LogP contribution in [0.15, 0.2) is 56.1 Å². The summed E-state index contributed by atoms with van der Waals surface area (Å²) in [4.78, 5) is 21.4. The number of piperazine rings is 1. The second kappa shape index (κ2) is 9.63. The van der Waals surface area contributed by atoms with E-state index in [4.69, 9.17) is 8.94 Å². The van der Waals surface area contributed by atoms with Gasteiger partial charge in [-0.3, -0.25) is 9.69 Å². The Morgan fingerprint density at radius 3 is 2.67 bits per heavy atom. The molecule has 170 valence electrons. The Bertz CT molecular complexity index is 1180. The highest BCUT2D eigenvalue weighted by atomic mass is 32.1. The molecule has 10 heteroatoms. The summed E-state index contributed by atoms with van der Waals surface area (Å²) in [6.07, 6.45) is 0.793. The highest BCUT2D eigenvalue weighted by Gasteiger charge is 2.28. The van der Waals surface area contributed by atoms with Crippen LogP contribution in [0.1, 0.15) is 31.2 Å². The molecular formula is C23H24N6O3S. The minimum Gasteiger partial charge on any atom is -0.421 e. The molecule has 0 bridgehead atoms. The quantitative estimate of drug-likeness (QED) is 0.408. The predicted molar refractivity (Wildman–Crippen MR) is 122 cm³/mol. The second-order valence-electron chi connectivity index (χ2n) is 7.93. The predicted octanol–water partition coefficient (Wildman–Crippen LogP) is 3.69.